The van der Waals surface area contributed by atoms with Gasteiger partial charge >= 0.3 is 0 Å². The minimum absolute atomic E-state index is 0.326. The van der Waals surface area contributed by atoms with Crippen molar-refractivity contribution in [1.82, 2.24) is 4.90 Å². The number of nitrogens with zero attached hydrogens (tertiary/aromatic N) is 1. The zero-order valence-corrected chi connectivity index (χ0v) is 11.9. The van der Waals surface area contributed by atoms with Crippen molar-refractivity contribution < 1.29 is 4.74 Å². The highest BCUT2D eigenvalue weighted by molar-refractivity contribution is 7.10. The summed E-state index contributed by atoms with van der Waals surface area (Å²) in [5.74, 6) is 0.640. The zero-order chi connectivity index (χ0) is 12.7. The average Bonchev–Trinajstić information content (AvgIpc) is 2.79. The molecule has 0 fully saturated rings. The smallest absolute Gasteiger partial charge is 0.0589 e. The van der Waals surface area contributed by atoms with E-state index in [1.807, 2.05) is 0 Å². The van der Waals surface area contributed by atoms with Crippen LogP contribution in [0.15, 0.2) is 17.5 Å². The number of methoxy groups -OCH3 is 1. The summed E-state index contributed by atoms with van der Waals surface area (Å²) < 4.78 is 5.19. The zero-order valence-electron chi connectivity index (χ0n) is 11.1. The Morgan fingerprint density at radius 2 is 2.24 bits per heavy atom. The van der Waals surface area contributed by atoms with Crippen molar-refractivity contribution in [3.8, 4) is 0 Å². The second-order valence-electron chi connectivity index (χ2n) is 4.65. The summed E-state index contributed by atoms with van der Waals surface area (Å²) in [6.45, 7) is 7.90. The Kier molecular flexibility index (Phi) is 6.73. The molecule has 98 valence electrons. The summed E-state index contributed by atoms with van der Waals surface area (Å²) in [6, 6.07) is 4.59. The molecule has 0 saturated heterocycles. The Balaban J connectivity index is 2.70. The van der Waals surface area contributed by atoms with Crippen LogP contribution >= 0.6 is 11.3 Å². The number of hydrogen-bond donors (Lipinski definition) is 1. The van der Waals surface area contributed by atoms with Crippen LogP contribution in [0.2, 0.25) is 0 Å². The molecule has 1 heterocycles. The van der Waals surface area contributed by atoms with Crippen LogP contribution in [-0.2, 0) is 4.74 Å². The molecule has 0 aliphatic rings. The molecule has 0 aliphatic carbocycles. The number of thiophene rings is 1. The van der Waals surface area contributed by atoms with Gasteiger partial charge in [-0.15, -0.1) is 11.3 Å². The molecule has 1 aromatic heterocycles. The van der Waals surface area contributed by atoms with Gasteiger partial charge < -0.3 is 10.5 Å². The first-order chi connectivity index (χ1) is 8.19. The fourth-order valence-electron chi connectivity index (χ4n) is 1.98. The van der Waals surface area contributed by atoms with E-state index in [1.54, 1.807) is 18.4 Å². The van der Waals surface area contributed by atoms with E-state index in [2.05, 4.69) is 36.3 Å². The topological polar surface area (TPSA) is 38.5 Å². The monoisotopic (exact) mass is 256 g/mol. The standard InChI is InChI=1S/C13H24N2OS/c1-11(2)10-15(6-7-16-3)12(9-14)13-5-4-8-17-13/h4-5,8,11-12H,6-7,9-10,14H2,1-3H3. The number of rotatable bonds is 8. The van der Waals surface area contributed by atoms with Crippen LogP contribution in [-0.4, -0.2) is 38.3 Å². The van der Waals surface area contributed by atoms with Gasteiger partial charge in [0.2, 0.25) is 0 Å². The van der Waals surface area contributed by atoms with Crippen molar-refractivity contribution in [2.75, 3.05) is 33.4 Å². The third-order valence-corrected chi connectivity index (χ3v) is 3.69. The molecular weight excluding hydrogens is 232 g/mol. The molecule has 17 heavy (non-hydrogen) atoms. The van der Waals surface area contributed by atoms with Crippen LogP contribution in [0.3, 0.4) is 0 Å². The summed E-state index contributed by atoms with van der Waals surface area (Å²) in [5.41, 5.74) is 5.94. The second kappa shape index (κ2) is 7.82. The Morgan fingerprint density at radius 1 is 1.47 bits per heavy atom. The van der Waals surface area contributed by atoms with Crippen LogP contribution in [0, 0.1) is 5.92 Å². The normalized spacial score (nSPS) is 13.5. The first-order valence-corrected chi connectivity index (χ1v) is 7.03. The van der Waals surface area contributed by atoms with Gasteiger partial charge in [-0.1, -0.05) is 19.9 Å². The van der Waals surface area contributed by atoms with Crippen molar-refractivity contribution in [3.05, 3.63) is 22.4 Å². The second-order valence-corrected chi connectivity index (χ2v) is 5.63. The lowest BCUT2D eigenvalue weighted by Gasteiger charge is -2.31. The highest BCUT2D eigenvalue weighted by atomic mass is 32.1. The summed E-state index contributed by atoms with van der Waals surface area (Å²) >= 11 is 1.78. The van der Waals surface area contributed by atoms with Crippen LogP contribution < -0.4 is 5.73 Å². The largest absolute Gasteiger partial charge is 0.383 e. The Morgan fingerprint density at radius 3 is 2.71 bits per heavy atom. The van der Waals surface area contributed by atoms with Gasteiger partial charge in [0.05, 0.1) is 12.6 Å². The summed E-state index contributed by atoms with van der Waals surface area (Å²) in [7, 11) is 1.75. The Bertz CT molecular complexity index is 288. The minimum Gasteiger partial charge on any atom is -0.383 e. The summed E-state index contributed by atoms with van der Waals surface area (Å²) in [4.78, 5) is 3.78. The summed E-state index contributed by atoms with van der Waals surface area (Å²) in [5, 5.41) is 2.11. The maximum Gasteiger partial charge on any atom is 0.0589 e. The Labute approximate surface area is 109 Å². The average molecular weight is 256 g/mol. The van der Waals surface area contributed by atoms with Gasteiger partial charge in [0.25, 0.3) is 0 Å². The molecule has 2 N–H and O–H groups in total. The lowest BCUT2D eigenvalue weighted by atomic mass is 10.1. The van der Waals surface area contributed by atoms with E-state index in [1.165, 1.54) is 4.88 Å². The maximum absolute atomic E-state index is 5.94. The lowest BCUT2D eigenvalue weighted by molar-refractivity contribution is 0.113. The predicted molar refractivity (Wildman–Crippen MR) is 74.4 cm³/mol. The quantitative estimate of drug-likeness (QED) is 0.776. The SMILES string of the molecule is COCCN(CC(C)C)C(CN)c1cccs1. The van der Waals surface area contributed by atoms with Gasteiger partial charge in [0, 0.05) is 31.6 Å². The minimum atomic E-state index is 0.326. The molecule has 3 nitrogen and oxygen atoms in total. The van der Waals surface area contributed by atoms with Gasteiger partial charge in [-0.3, -0.25) is 4.90 Å². The van der Waals surface area contributed by atoms with Crippen LogP contribution in [0.25, 0.3) is 0 Å². The van der Waals surface area contributed by atoms with E-state index in [9.17, 15) is 0 Å². The molecule has 0 bridgehead atoms. The fraction of sp³-hybridized carbons (Fsp3) is 0.692. The predicted octanol–water partition coefficient (Wildman–Crippen LogP) is 2.35. The van der Waals surface area contributed by atoms with Gasteiger partial charge in [0.1, 0.15) is 0 Å². The van der Waals surface area contributed by atoms with Crippen molar-refractivity contribution in [1.29, 1.82) is 0 Å². The molecule has 0 aliphatic heterocycles. The maximum atomic E-state index is 5.94. The molecule has 1 rings (SSSR count). The van der Waals surface area contributed by atoms with Crippen molar-refractivity contribution in [2.45, 2.75) is 19.9 Å². The van der Waals surface area contributed by atoms with Crippen molar-refractivity contribution >= 4 is 11.3 Å². The molecular formula is C13H24N2OS. The molecule has 1 unspecified atom stereocenters. The Hall–Kier alpha value is -0.420. The fourth-order valence-corrected chi connectivity index (χ4v) is 2.85. The highest BCUT2D eigenvalue weighted by Crippen LogP contribution is 2.24. The van der Waals surface area contributed by atoms with Gasteiger partial charge in [0.15, 0.2) is 0 Å². The van der Waals surface area contributed by atoms with Gasteiger partial charge in [-0.05, 0) is 17.4 Å². The molecule has 0 aromatic carbocycles. The van der Waals surface area contributed by atoms with E-state index in [0.717, 1.165) is 19.7 Å². The van der Waals surface area contributed by atoms with E-state index in [4.69, 9.17) is 10.5 Å². The third kappa shape index (κ3) is 4.76. The van der Waals surface area contributed by atoms with Crippen LogP contribution in [0.4, 0.5) is 0 Å². The number of nitrogens with two attached hydrogens (primary N) is 1. The van der Waals surface area contributed by atoms with Crippen LogP contribution in [0.1, 0.15) is 24.8 Å². The van der Waals surface area contributed by atoms with E-state index < -0.39 is 0 Å². The number of hydrogen-bond acceptors (Lipinski definition) is 4. The van der Waals surface area contributed by atoms with Gasteiger partial charge in [-0.2, -0.15) is 0 Å². The lowest BCUT2D eigenvalue weighted by Crippen LogP contribution is -2.38. The molecule has 1 atom stereocenters. The van der Waals surface area contributed by atoms with Crippen molar-refractivity contribution in [2.24, 2.45) is 11.7 Å². The highest BCUT2D eigenvalue weighted by Gasteiger charge is 2.20. The first kappa shape index (κ1) is 14.6. The molecule has 4 heteroatoms. The van der Waals surface area contributed by atoms with E-state index in [0.29, 0.717) is 18.5 Å². The molecule has 0 saturated carbocycles. The van der Waals surface area contributed by atoms with Crippen molar-refractivity contribution in [3.63, 3.8) is 0 Å². The van der Waals surface area contributed by atoms with E-state index >= 15 is 0 Å². The molecule has 0 amide bonds. The third-order valence-electron chi connectivity index (χ3n) is 2.72. The molecule has 1 aromatic rings. The van der Waals surface area contributed by atoms with E-state index in [-0.39, 0.29) is 0 Å². The first-order valence-electron chi connectivity index (χ1n) is 6.15. The molecule has 0 spiro atoms. The van der Waals surface area contributed by atoms with Crippen LogP contribution in [0.5, 0.6) is 0 Å². The summed E-state index contributed by atoms with van der Waals surface area (Å²) in [6.07, 6.45) is 0. The number of ether oxygens (including phenoxy) is 1. The molecule has 0 radical (unpaired) electrons. The van der Waals surface area contributed by atoms with Gasteiger partial charge in [-0.25, -0.2) is 0 Å².